The van der Waals surface area contributed by atoms with Gasteiger partial charge in [0.2, 0.25) is 21.5 Å². The number of amides is 1. The SMILES string of the molecule is Cc1csc([C@@](O)(CC(=O)NCCCN(C)S(C)(=O)=O)C(F)(F)F)n1. The average molecular weight is 403 g/mol. The summed E-state index contributed by atoms with van der Waals surface area (Å²) < 4.78 is 63.2. The number of carbonyl (C=O) groups is 1. The summed E-state index contributed by atoms with van der Waals surface area (Å²) in [7, 11) is -2.01. The van der Waals surface area contributed by atoms with Gasteiger partial charge in [-0.2, -0.15) is 13.2 Å². The minimum atomic E-state index is -5.06. The van der Waals surface area contributed by atoms with E-state index >= 15 is 0 Å². The van der Waals surface area contributed by atoms with Crippen LogP contribution in [0.15, 0.2) is 5.38 Å². The second-order valence-electron chi connectivity index (χ2n) is 5.62. The van der Waals surface area contributed by atoms with Crippen LogP contribution in [0.1, 0.15) is 23.5 Å². The van der Waals surface area contributed by atoms with Crippen molar-refractivity contribution in [3.05, 3.63) is 16.1 Å². The molecule has 0 unspecified atom stereocenters. The monoisotopic (exact) mass is 403 g/mol. The summed E-state index contributed by atoms with van der Waals surface area (Å²) >= 11 is 0.626. The number of carbonyl (C=O) groups excluding carboxylic acids is 1. The van der Waals surface area contributed by atoms with Crippen LogP contribution in [0.25, 0.3) is 0 Å². The first-order valence-electron chi connectivity index (χ1n) is 7.17. The topological polar surface area (TPSA) is 99.6 Å². The third-order valence-corrected chi connectivity index (χ3v) is 5.82. The highest BCUT2D eigenvalue weighted by Gasteiger charge is 2.58. The van der Waals surface area contributed by atoms with Crippen LogP contribution in [0.3, 0.4) is 0 Å². The lowest BCUT2D eigenvalue weighted by Crippen LogP contribution is -2.46. The van der Waals surface area contributed by atoms with Gasteiger partial charge in [-0.15, -0.1) is 11.3 Å². The predicted molar refractivity (Wildman–Crippen MR) is 86.5 cm³/mol. The molecule has 2 N–H and O–H groups in total. The van der Waals surface area contributed by atoms with Crippen LogP contribution in [-0.4, -0.2) is 61.3 Å². The Morgan fingerprint density at radius 2 is 2.04 bits per heavy atom. The maximum absolute atomic E-state index is 13.2. The van der Waals surface area contributed by atoms with Crippen molar-refractivity contribution in [3.8, 4) is 0 Å². The van der Waals surface area contributed by atoms with Gasteiger partial charge >= 0.3 is 6.18 Å². The summed E-state index contributed by atoms with van der Waals surface area (Å²) in [6.45, 7) is 1.56. The summed E-state index contributed by atoms with van der Waals surface area (Å²) in [5.41, 5.74) is -3.05. The molecule has 0 bridgehead atoms. The average Bonchev–Trinajstić information content (AvgIpc) is 2.88. The first-order chi connectivity index (χ1) is 11.3. The number of nitrogens with one attached hydrogen (secondary N) is 1. The molecule has 0 aliphatic heterocycles. The number of aliphatic hydroxyl groups is 1. The van der Waals surface area contributed by atoms with E-state index < -0.39 is 39.1 Å². The maximum atomic E-state index is 13.2. The molecule has 1 amide bonds. The molecule has 1 rings (SSSR count). The van der Waals surface area contributed by atoms with E-state index in [1.54, 1.807) is 0 Å². The molecule has 0 saturated heterocycles. The van der Waals surface area contributed by atoms with Gasteiger partial charge in [0.05, 0.1) is 12.7 Å². The number of nitrogens with zero attached hydrogens (tertiary/aromatic N) is 2. The van der Waals surface area contributed by atoms with Crippen LogP contribution in [0.2, 0.25) is 0 Å². The van der Waals surface area contributed by atoms with E-state index in [1.807, 2.05) is 0 Å². The Kier molecular flexibility index (Phi) is 6.95. The van der Waals surface area contributed by atoms with Gasteiger partial charge < -0.3 is 10.4 Å². The number of aryl methyl sites for hydroxylation is 1. The highest BCUT2D eigenvalue weighted by Crippen LogP contribution is 2.42. The Balaban J connectivity index is 2.66. The molecule has 0 radical (unpaired) electrons. The number of alkyl halides is 3. The molecule has 144 valence electrons. The fraction of sp³-hybridized carbons (Fsp3) is 0.692. The molecule has 0 aliphatic rings. The number of sulfonamides is 1. The van der Waals surface area contributed by atoms with Crippen LogP contribution in [-0.2, 0) is 20.4 Å². The highest BCUT2D eigenvalue weighted by molar-refractivity contribution is 7.88. The Labute approximate surface area is 147 Å². The fourth-order valence-corrected chi connectivity index (χ4v) is 3.21. The van der Waals surface area contributed by atoms with Crippen LogP contribution in [0, 0.1) is 6.92 Å². The maximum Gasteiger partial charge on any atom is 0.424 e. The first-order valence-corrected chi connectivity index (χ1v) is 9.90. The molecule has 0 spiro atoms. The van der Waals surface area contributed by atoms with Crippen molar-refractivity contribution in [3.63, 3.8) is 0 Å². The molecular weight excluding hydrogens is 383 g/mol. The van der Waals surface area contributed by atoms with Crippen LogP contribution in [0.4, 0.5) is 13.2 Å². The van der Waals surface area contributed by atoms with E-state index in [4.69, 9.17) is 0 Å². The molecule has 0 saturated carbocycles. The molecule has 25 heavy (non-hydrogen) atoms. The number of thiazole rings is 1. The quantitative estimate of drug-likeness (QED) is 0.631. The Hall–Kier alpha value is -1.24. The van der Waals surface area contributed by atoms with Crippen molar-refractivity contribution >= 4 is 27.3 Å². The van der Waals surface area contributed by atoms with Crippen molar-refractivity contribution in [2.75, 3.05) is 26.4 Å². The Morgan fingerprint density at radius 3 is 2.48 bits per heavy atom. The Morgan fingerprint density at radius 1 is 1.44 bits per heavy atom. The number of hydrogen-bond acceptors (Lipinski definition) is 6. The highest BCUT2D eigenvalue weighted by atomic mass is 32.2. The molecule has 1 aromatic rings. The van der Waals surface area contributed by atoms with E-state index in [1.165, 1.54) is 19.4 Å². The van der Waals surface area contributed by atoms with E-state index in [2.05, 4.69) is 10.3 Å². The minimum Gasteiger partial charge on any atom is -0.374 e. The van der Waals surface area contributed by atoms with Crippen LogP contribution < -0.4 is 5.32 Å². The fourth-order valence-electron chi connectivity index (χ4n) is 1.83. The number of hydrogen-bond donors (Lipinski definition) is 2. The molecule has 12 heteroatoms. The molecule has 0 fully saturated rings. The van der Waals surface area contributed by atoms with Gasteiger partial charge in [-0.05, 0) is 13.3 Å². The summed E-state index contributed by atoms with van der Waals surface area (Å²) in [5.74, 6) is -1.00. The van der Waals surface area contributed by atoms with E-state index in [0.29, 0.717) is 17.0 Å². The minimum absolute atomic E-state index is 0.0243. The van der Waals surface area contributed by atoms with Crippen LogP contribution >= 0.6 is 11.3 Å². The lowest BCUT2D eigenvalue weighted by molar-refractivity contribution is -0.267. The summed E-state index contributed by atoms with van der Waals surface area (Å²) in [5, 5.41) is 13.0. The van der Waals surface area contributed by atoms with Crippen molar-refractivity contribution in [1.82, 2.24) is 14.6 Å². The second-order valence-corrected chi connectivity index (χ2v) is 8.56. The van der Waals surface area contributed by atoms with E-state index in [9.17, 15) is 31.5 Å². The van der Waals surface area contributed by atoms with Gasteiger partial charge in [0.1, 0.15) is 5.01 Å². The number of halogens is 3. The molecule has 1 aromatic heterocycles. The van der Waals surface area contributed by atoms with Gasteiger partial charge in [0.15, 0.2) is 0 Å². The van der Waals surface area contributed by atoms with Gasteiger partial charge in [0, 0.05) is 31.2 Å². The lowest BCUT2D eigenvalue weighted by Gasteiger charge is -2.27. The van der Waals surface area contributed by atoms with E-state index in [-0.39, 0.29) is 19.5 Å². The van der Waals surface area contributed by atoms with Gasteiger partial charge in [-0.25, -0.2) is 17.7 Å². The van der Waals surface area contributed by atoms with Crippen molar-refractivity contribution < 1.29 is 31.5 Å². The smallest absolute Gasteiger partial charge is 0.374 e. The van der Waals surface area contributed by atoms with Gasteiger partial charge in [0.25, 0.3) is 0 Å². The normalized spacial score (nSPS) is 15.2. The summed E-state index contributed by atoms with van der Waals surface area (Å²) in [6, 6.07) is 0. The molecule has 7 nitrogen and oxygen atoms in total. The summed E-state index contributed by atoms with van der Waals surface area (Å²) in [4.78, 5) is 15.4. The molecule has 0 aromatic carbocycles. The zero-order valence-corrected chi connectivity index (χ0v) is 15.6. The van der Waals surface area contributed by atoms with Crippen molar-refractivity contribution in [1.29, 1.82) is 0 Å². The van der Waals surface area contributed by atoms with Crippen LogP contribution in [0.5, 0.6) is 0 Å². The summed E-state index contributed by atoms with van der Waals surface area (Å²) in [6.07, 6.45) is -5.04. The Bertz CT molecular complexity index is 706. The van der Waals surface area contributed by atoms with Crippen molar-refractivity contribution in [2.45, 2.75) is 31.5 Å². The molecular formula is C13H20F3N3O4S2. The molecule has 0 aliphatic carbocycles. The number of aromatic nitrogens is 1. The second kappa shape index (κ2) is 7.98. The van der Waals surface area contributed by atoms with E-state index in [0.717, 1.165) is 10.6 Å². The zero-order chi connectivity index (χ0) is 19.5. The third kappa shape index (κ3) is 5.90. The standard InChI is InChI=1S/C13H20F3N3O4S2/c1-9-8-24-11(18-9)12(21,13(14,15)16)7-10(20)17-5-4-6-19(2)25(3,22)23/h8,21H,4-7H2,1-3H3,(H,17,20)/t12-/m0/s1. The number of rotatable bonds is 8. The van der Waals surface area contributed by atoms with Crippen molar-refractivity contribution in [2.24, 2.45) is 0 Å². The third-order valence-electron chi connectivity index (χ3n) is 3.40. The predicted octanol–water partition coefficient (Wildman–Crippen LogP) is 0.989. The molecule has 1 atom stereocenters. The molecule has 1 heterocycles. The largest absolute Gasteiger partial charge is 0.424 e. The van der Waals surface area contributed by atoms with Gasteiger partial charge in [-0.3, -0.25) is 4.79 Å². The zero-order valence-electron chi connectivity index (χ0n) is 13.9. The van der Waals surface area contributed by atoms with Gasteiger partial charge in [-0.1, -0.05) is 0 Å². The lowest BCUT2D eigenvalue weighted by atomic mass is 9.99. The first kappa shape index (κ1) is 21.8.